The van der Waals surface area contributed by atoms with Crippen LogP contribution in [-0.2, 0) is 0 Å². The van der Waals surface area contributed by atoms with Crippen molar-refractivity contribution in [2.45, 2.75) is 0 Å². The highest BCUT2D eigenvalue weighted by molar-refractivity contribution is 5.68. The molecule has 4 heteroatoms. The van der Waals surface area contributed by atoms with E-state index < -0.39 is 0 Å². The van der Waals surface area contributed by atoms with Gasteiger partial charge in [-0.3, -0.25) is 0 Å². The summed E-state index contributed by atoms with van der Waals surface area (Å²) >= 11 is 0. The van der Waals surface area contributed by atoms with Gasteiger partial charge < -0.3 is 10.1 Å². The summed E-state index contributed by atoms with van der Waals surface area (Å²) in [5, 5.41) is 3.18. The Morgan fingerprint density at radius 2 is 1.70 bits per heavy atom. The van der Waals surface area contributed by atoms with E-state index in [9.17, 15) is 0 Å². The number of methoxy groups -OCH3 is 1. The second kappa shape index (κ2) is 7.22. The van der Waals surface area contributed by atoms with Gasteiger partial charge in [0, 0.05) is 11.9 Å². The summed E-state index contributed by atoms with van der Waals surface area (Å²) in [5.41, 5.74) is 2.89. The maximum Gasteiger partial charge on any atom is 0.227 e. The number of anilines is 2. The number of aromatic nitrogens is 2. The normalized spacial score (nSPS) is 10.7. The predicted octanol–water partition coefficient (Wildman–Crippen LogP) is 4.40. The van der Waals surface area contributed by atoms with Crippen molar-refractivity contribution in [3.8, 4) is 5.75 Å². The second-order valence-electron chi connectivity index (χ2n) is 4.90. The van der Waals surface area contributed by atoms with Crippen LogP contribution in [0.2, 0.25) is 0 Å². The van der Waals surface area contributed by atoms with Gasteiger partial charge in [0.2, 0.25) is 5.95 Å². The molecule has 2 aromatic carbocycles. The molecular weight excluding hydrogens is 286 g/mol. The van der Waals surface area contributed by atoms with Crippen molar-refractivity contribution in [3.05, 3.63) is 78.1 Å². The Kier molecular flexibility index (Phi) is 4.64. The molecule has 0 aliphatic carbocycles. The summed E-state index contributed by atoms with van der Waals surface area (Å²) in [4.78, 5) is 8.73. The number of hydrogen-bond acceptors (Lipinski definition) is 4. The topological polar surface area (TPSA) is 47.0 Å². The first-order chi connectivity index (χ1) is 11.3. The van der Waals surface area contributed by atoms with Crippen LogP contribution in [0.25, 0.3) is 12.2 Å². The minimum absolute atomic E-state index is 0.561. The zero-order valence-electron chi connectivity index (χ0n) is 12.8. The monoisotopic (exact) mass is 303 g/mol. The van der Waals surface area contributed by atoms with Gasteiger partial charge in [-0.1, -0.05) is 36.4 Å². The molecule has 0 aliphatic rings. The molecule has 114 valence electrons. The first-order valence-electron chi connectivity index (χ1n) is 7.31. The van der Waals surface area contributed by atoms with Crippen LogP contribution < -0.4 is 10.1 Å². The van der Waals surface area contributed by atoms with Crippen LogP contribution in [0.3, 0.4) is 0 Å². The van der Waals surface area contributed by atoms with Crippen LogP contribution in [0.4, 0.5) is 11.6 Å². The molecule has 0 saturated heterocycles. The molecule has 1 heterocycles. The first kappa shape index (κ1) is 14.8. The largest absolute Gasteiger partial charge is 0.497 e. The van der Waals surface area contributed by atoms with Crippen LogP contribution in [-0.4, -0.2) is 17.1 Å². The number of ether oxygens (including phenoxy) is 1. The van der Waals surface area contributed by atoms with E-state index in [0.717, 1.165) is 22.7 Å². The Morgan fingerprint density at radius 3 is 2.43 bits per heavy atom. The Balaban J connectivity index is 1.73. The van der Waals surface area contributed by atoms with Crippen molar-refractivity contribution in [1.29, 1.82) is 0 Å². The molecule has 0 amide bonds. The molecule has 4 nitrogen and oxygen atoms in total. The second-order valence-corrected chi connectivity index (χ2v) is 4.90. The number of nitrogens with one attached hydrogen (secondary N) is 1. The van der Waals surface area contributed by atoms with Gasteiger partial charge in [0.15, 0.2) is 0 Å². The average Bonchev–Trinajstić information content (AvgIpc) is 2.62. The van der Waals surface area contributed by atoms with E-state index in [2.05, 4.69) is 15.3 Å². The van der Waals surface area contributed by atoms with E-state index in [0.29, 0.717) is 5.95 Å². The van der Waals surface area contributed by atoms with Crippen molar-refractivity contribution in [3.63, 3.8) is 0 Å². The van der Waals surface area contributed by atoms with E-state index in [1.54, 1.807) is 13.3 Å². The molecule has 1 aromatic heterocycles. The van der Waals surface area contributed by atoms with Crippen LogP contribution in [0.1, 0.15) is 11.3 Å². The van der Waals surface area contributed by atoms with Crippen molar-refractivity contribution < 1.29 is 4.74 Å². The van der Waals surface area contributed by atoms with E-state index in [1.807, 2.05) is 72.8 Å². The highest BCUT2D eigenvalue weighted by Crippen LogP contribution is 2.18. The Bertz CT molecular complexity index is 783. The quantitative estimate of drug-likeness (QED) is 0.759. The zero-order chi connectivity index (χ0) is 15.9. The van der Waals surface area contributed by atoms with Crippen molar-refractivity contribution in [2.24, 2.45) is 0 Å². The molecule has 0 radical (unpaired) electrons. The number of hydrogen-bond donors (Lipinski definition) is 1. The van der Waals surface area contributed by atoms with Gasteiger partial charge in [-0.15, -0.1) is 0 Å². The van der Waals surface area contributed by atoms with E-state index in [1.165, 1.54) is 0 Å². The van der Waals surface area contributed by atoms with Crippen LogP contribution in [0.15, 0.2) is 66.9 Å². The van der Waals surface area contributed by atoms with Gasteiger partial charge in [0.1, 0.15) is 5.75 Å². The summed E-state index contributed by atoms with van der Waals surface area (Å²) in [5.74, 6) is 1.38. The van der Waals surface area contributed by atoms with E-state index in [4.69, 9.17) is 4.74 Å². The molecule has 0 unspecified atom stereocenters. The summed E-state index contributed by atoms with van der Waals surface area (Å²) < 4.78 is 5.14. The van der Waals surface area contributed by atoms with Gasteiger partial charge >= 0.3 is 0 Å². The highest BCUT2D eigenvalue weighted by Gasteiger charge is 1.99. The maximum atomic E-state index is 5.14. The summed E-state index contributed by atoms with van der Waals surface area (Å²) in [6.45, 7) is 0. The molecule has 0 saturated carbocycles. The summed E-state index contributed by atoms with van der Waals surface area (Å²) in [7, 11) is 1.65. The Hall–Kier alpha value is -3.14. The molecule has 0 fully saturated rings. The summed E-state index contributed by atoms with van der Waals surface area (Å²) in [6.07, 6.45) is 5.74. The van der Waals surface area contributed by atoms with Crippen molar-refractivity contribution in [2.75, 3.05) is 12.4 Å². The fraction of sp³-hybridized carbons (Fsp3) is 0.0526. The molecule has 23 heavy (non-hydrogen) atoms. The van der Waals surface area contributed by atoms with Crippen LogP contribution in [0.5, 0.6) is 5.75 Å². The van der Waals surface area contributed by atoms with Gasteiger partial charge in [-0.05, 0) is 42.0 Å². The van der Waals surface area contributed by atoms with Gasteiger partial charge in [-0.2, -0.15) is 0 Å². The van der Waals surface area contributed by atoms with Gasteiger partial charge in [0.05, 0.1) is 12.8 Å². The number of rotatable bonds is 5. The number of nitrogens with zero attached hydrogens (tertiary/aromatic N) is 2. The highest BCUT2D eigenvalue weighted by atomic mass is 16.5. The lowest BCUT2D eigenvalue weighted by atomic mass is 10.2. The Morgan fingerprint density at radius 1 is 0.913 bits per heavy atom. The summed E-state index contributed by atoms with van der Waals surface area (Å²) in [6, 6.07) is 19.6. The molecular formula is C19H17N3O. The lowest BCUT2D eigenvalue weighted by Gasteiger charge is -2.06. The van der Waals surface area contributed by atoms with Gasteiger partial charge in [-0.25, -0.2) is 9.97 Å². The third-order valence-electron chi connectivity index (χ3n) is 3.27. The molecule has 0 atom stereocenters. The maximum absolute atomic E-state index is 5.14. The fourth-order valence-corrected chi connectivity index (χ4v) is 2.07. The Labute approximate surface area is 135 Å². The fourth-order valence-electron chi connectivity index (χ4n) is 2.07. The molecule has 3 aromatic rings. The van der Waals surface area contributed by atoms with Crippen molar-refractivity contribution >= 4 is 23.8 Å². The molecule has 0 aliphatic heterocycles. The van der Waals surface area contributed by atoms with Crippen molar-refractivity contribution in [1.82, 2.24) is 9.97 Å². The van der Waals surface area contributed by atoms with Gasteiger partial charge in [0.25, 0.3) is 0 Å². The lowest BCUT2D eigenvalue weighted by Crippen LogP contribution is -1.97. The SMILES string of the molecule is COc1ccc(Nc2nccc(/C=C/c3ccccc3)n2)cc1. The predicted molar refractivity (Wildman–Crippen MR) is 93.7 cm³/mol. The smallest absolute Gasteiger partial charge is 0.227 e. The van der Waals surface area contributed by atoms with E-state index in [-0.39, 0.29) is 0 Å². The minimum Gasteiger partial charge on any atom is -0.497 e. The van der Waals surface area contributed by atoms with Crippen LogP contribution in [0, 0.1) is 0 Å². The number of benzene rings is 2. The minimum atomic E-state index is 0.561. The average molecular weight is 303 g/mol. The standard InChI is InChI=1S/C19H17N3O/c1-23-18-11-9-16(10-12-18)21-19-20-14-13-17(22-19)8-7-15-5-3-2-4-6-15/h2-14H,1H3,(H,20,21,22)/b8-7+. The molecule has 0 spiro atoms. The lowest BCUT2D eigenvalue weighted by molar-refractivity contribution is 0.415. The third kappa shape index (κ3) is 4.17. The van der Waals surface area contributed by atoms with E-state index >= 15 is 0 Å². The molecule has 0 bridgehead atoms. The van der Waals surface area contributed by atoms with Crippen LogP contribution >= 0.6 is 0 Å². The first-order valence-corrected chi connectivity index (χ1v) is 7.31. The third-order valence-corrected chi connectivity index (χ3v) is 3.27. The zero-order valence-corrected chi connectivity index (χ0v) is 12.8. The molecule has 3 rings (SSSR count). The molecule has 1 N–H and O–H groups in total.